The predicted octanol–water partition coefficient (Wildman–Crippen LogP) is 2.76. The van der Waals surface area contributed by atoms with Gasteiger partial charge in [0.1, 0.15) is 0 Å². The van der Waals surface area contributed by atoms with Crippen LogP contribution >= 0.6 is 15.9 Å². The number of nitrogens with zero attached hydrogens (tertiary/aromatic N) is 2. The van der Waals surface area contributed by atoms with Gasteiger partial charge in [-0.25, -0.2) is 4.79 Å². The first-order valence-corrected chi connectivity index (χ1v) is 8.06. The molecule has 21 heavy (non-hydrogen) atoms. The van der Waals surface area contributed by atoms with E-state index in [0.29, 0.717) is 11.6 Å². The number of carbonyl (C=O) groups excluding carboxylic acids is 1. The van der Waals surface area contributed by atoms with Crippen LogP contribution in [0.3, 0.4) is 0 Å². The van der Waals surface area contributed by atoms with Crippen LogP contribution < -0.4 is 0 Å². The molecule has 0 saturated carbocycles. The second-order valence-electron chi connectivity index (χ2n) is 5.77. The van der Waals surface area contributed by atoms with Gasteiger partial charge in [-0.05, 0) is 51.2 Å². The lowest BCUT2D eigenvalue weighted by molar-refractivity contribution is 0.0600. The number of halogens is 1. The third-order valence-electron chi connectivity index (χ3n) is 4.11. The molecule has 1 heterocycles. The van der Waals surface area contributed by atoms with Gasteiger partial charge >= 0.3 is 5.97 Å². The second kappa shape index (κ2) is 7.38. The van der Waals surface area contributed by atoms with Crippen LogP contribution in [0.4, 0.5) is 0 Å². The van der Waals surface area contributed by atoms with E-state index in [9.17, 15) is 4.79 Å². The molecule has 1 atom stereocenters. The van der Waals surface area contributed by atoms with Crippen LogP contribution in [-0.4, -0.2) is 56.1 Å². The van der Waals surface area contributed by atoms with Crippen molar-refractivity contribution in [1.82, 2.24) is 9.80 Å². The standard InChI is InChI=1S/C16H23BrN2O2/c1-18(11-14-5-4-8-19(14)2)10-13-7-6-12(9-15(13)17)16(20)21-3/h6-7,9,14H,4-5,8,10-11H2,1-3H3. The van der Waals surface area contributed by atoms with Gasteiger partial charge in [-0.15, -0.1) is 0 Å². The van der Waals surface area contributed by atoms with Crippen LogP contribution in [0.2, 0.25) is 0 Å². The molecule has 5 heteroatoms. The highest BCUT2D eigenvalue weighted by molar-refractivity contribution is 9.10. The molecule has 0 aromatic heterocycles. The van der Waals surface area contributed by atoms with Gasteiger partial charge < -0.3 is 14.5 Å². The van der Waals surface area contributed by atoms with Crippen molar-refractivity contribution in [2.75, 3.05) is 34.3 Å². The minimum atomic E-state index is -0.303. The molecule has 0 aliphatic carbocycles. The molecule has 1 saturated heterocycles. The smallest absolute Gasteiger partial charge is 0.337 e. The van der Waals surface area contributed by atoms with E-state index in [0.717, 1.165) is 17.6 Å². The molecule has 1 aliphatic rings. The van der Waals surface area contributed by atoms with Crippen molar-refractivity contribution in [2.45, 2.75) is 25.4 Å². The van der Waals surface area contributed by atoms with E-state index >= 15 is 0 Å². The molecule has 1 aromatic carbocycles. The Balaban J connectivity index is 1.97. The Morgan fingerprint density at radius 1 is 1.52 bits per heavy atom. The minimum Gasteiger partial charge on any atom is -0.465 e. The summed E-state index contributed by atoms with van der Waals surface area (Å²) < 4.78 is 5.69. The van der Waals surface area contributed by atoms with Crippen LogP contribution in [0.15, 0.2) is 22.7 Å². The Bertz CT molecular complexity index is 507. The molecule has 0 N–H and O–H groups in total. The van der Waals surface area contributed by atoms with Crippen LogP contribution in [0.5, 0.6) is 0 Å². The normalized spacial score (nSPS) is 19.2. The fourth-order valence-corrected chi connectivity index (χ4v) is 3.35. The summed E-state index contributed by atoms with van der Waals surface area (Å²) in [6, 6.07) is 6.30. The number of likely N-dealkylation sites (N-methyl/N-ethyl adjacent to an activating group) is 2. The van der Waals surface area contributed by atoms with Crippen molar-refractivity contribution in [3.63, 3.8) is 0 Å². The number of carbonyl (C=O) groups is 1. The summed E-state index contributed by atoms with van der Waals surface area (Å²) in [5.74, 6) is -0.303. The average molecular weight is 355 g/mol. The average Bonchev–Trinajstić information content (AvgIpc) is 2.85. The second-order valence-corrected chi connectivity index (χ2v) is 6.63. The van der Waals surface area contributed by atoms with Crippen LogP contribution in [0.25, 0.3) is 0 Å². The number of esters is 1. The van der Waals surface area contributed by atoms with Gasteiger partial charge in [0.15, 0.2) is 0 Å². The van der Waals surface area contributed by atoms with Gasteiger partial charge in [-0.1, -0.05) is 22.0 Å². The van der Waals surface area contributed by atoms with Crippen molar-refractivity contribution in [3.8, 4) is 0 Å². The Morgan fingerprint density at radius 2 is 2.29 bits per heavy atom. The molecule has 0 bridgehead atoms. The van der Waals surface area contributed by atoms with E-state index in [4.69, 9.17) is 4.74 Å². The van der Waals surface area contributed by atoms with E-state index in [1.54, 1.807) is 0 Å². The first kappa shape index (κ1) is 16.5. The van der Waals surface area contributed by atoms with E-state index in [2.05, 4.69) is 39.8 Å². The topological polar surface area (TPSA) is 32.8 Å². The maximum atomic E-state index is 11.5. The molecular weight excluding hydrogens is 332 g/mol. The van der Waals surface area contributed by atoms with Gasteiger partial charge in [0.05, 0.1) is 12.7 Å². The maximum absolute atomic E-state index is 11.5. The zero-order valence-electron chi connectivity index (χ0n) is 12.9. The Morgan fingerprint density at radius 3 is 2.86 bits per heavy atom. The van der Waals surface area contributed by atoms with E-state index in [1.807, 2.05) is 18.2 Å². The third kappa shape index (κ3) is 4.28. The van der Waals surface area contributed by atoms with Crippen molar-refractivity contribution in [1.29, 1.82) is 0 Å². The molecule has 116 valence electrons. The number of hydrogen-bond acceptors (Lipinski definition) is 4. The quantitative estimate of drug-likeness (QED) is 0.761. The van der Waals surface area contributed by atoms with E-state index in [1.165, 1.54) is 32.1 Å². The van der Waals surface area contributed by atoms with Crippen molar-refractivity contribution >= 4 is 21.9 Å². The summed E-state index contributed by atoms with van der Waals surface area (Å²) in [5, 5.41) is 0. The number of hydrogen-bond donors (Lipinski definition) is 0. The van der Waals surface area contributed by atoms with Crippen LogP contribution in [-0.2, 0) is 11.3 Å². The SMILES string of the molecule is COC(=O)c1ccc(CN(C)CC2CCCN2C)c(Br)c1. The highest BCUT2D eigenvalue weighted by atomic mass is 79.9. The lowest BCUT2D eigenvalue weighted by atomic mass is 10.1. The van der Waals surface area contributed by atoms with E-state index in [-0.39, 0.29) is 5.97 Å². The summed E-state index contributed by atoms with van der Waals surface area (Å²) in [6.07, 6.45) is 2.58. The van der Waals surface area contributed by atoms with Crippen LogP contribution in [0.1, 0.15) is 28.8 Å². The van der Waals surface area contributed by atoms with Gasteiger partial charge in [-0.2, -0.15) is 0 Å². The Hall–Kier alpha value is -0.910. The summed E-state index contributed by atoms with van der Waals surface area (Å²) in [6.45, 7) is 3.14. The molecule has 1 aromatic rings. The summed E-state index contributed by atoms with van der Waals surface area (Å²) >= 11 is 3.55. The zero-order valence-corrected chi connectivity index (χ0v) is 14.5. The van der Waals surface area contributed by atoms with Crippen molar-refractivity contribution in [3.05, 3.63) is 33.8 Å². The fraction of sp³-hybridized carbons (Fsp3) is 0.562. The van der Waals surface area contributed by atoms with E-state index < -0.39 is 0 Å². The highest BCUT2D eigenvalue weighted by Gasteiger charge is 2.22. The zero-order chi connectivity index (χ0) is 15.4. The summed E-state index contributed by atoms with van der Waals surface area (Å²) in [5.41, 5.74) is 1.76. The number of rotatable bonds is 5. The molecule has 1 aliphatic heterocycles. The first-order chi connectivity index (χ1) is 10.0. The highest BCUT2D eigenvalue weighted by Crippen LogP contribution is 2.22. The molecule has 1 fully saturated rings. The Kier molecular flexibility index (Phi) is 5.79. The fourth-order valence-electron chi connectivity index (χ4n) is 2.85. The molecule has 0 amide bonds. The molecular formula is C16H23BrN2O2. The number of likely N-dealkylation sites (tertiary alicyclic amines) is 1. The lowest BCUT2D eigenvalue weighted by Gasteiger charge is -2.26. The Labute approximate surface area is 135 Å². The largest absolute Gasteiger partial charge is 0.465 e. The number of ether oxygens (including phenoxy) is 1. The molecule has 0 radical (unpaired) electrons. The summed E-state index contributed by atoms with van der Waals surface area (Å²) in [7, 11) is 5.75. The summed E-state index contributed by atoms with van der Waals surface area (Å²) in [4.78, 5) is 16.3. The van der Waals surface area contributed by atoms with Crippen molar-refractivity contribution in [2.24, 2.45) is 0 Å². The van der Waals surface area contributed by atoms with Gasteiger partial charge in [0, 0.05) is 23.6 Å². The van der Waals surface area contributed by atoms with Gasteiger partial charge in [0.2, 0.25) is 0 Å². The predicted molar refractivity (Wildman–Crippen MR) is 87.5 cm³/mol. The third-order valence-corrected chi connectivity index (χ3v) is 4.85. The van der Waals surface area contributed by atoms with Gasteiger partial charge in [0.25, 0.3) is 0 Å². The maximum Gasteiger partial charge on any atom is 0.337 e. The molecule has 0 spiro atoms. The monoisotopic (exact) mass is 354 g/mol. The molecule has 1 unspecified atom stereocenters. The van der Waals surface area contributed by atoms with Gasteiger partial charge in [-0.3, -0.25) is 0 Å². The molecule has 4 nitrogen and oxygen atoms in total. The van der Waals surface area contributed by atoms with Crippen LogP contribution in [0, 0.1) is 0 Å². The minimum absolute atomic E-state index is 0.303. The number of benzene rings is 1. The number of methoxy groups -OCH3 is 1. The molecule has 2 rings (SSSR count). The lowest BCUT2D eigenvalue weighted by Crippen LogP contribution is -2.36. The van der Waals surface area contributed by atoms with Crippen molar-refractivity contribution < 1.29 is 9.53 Å². The first-order valence-electron chi connectivity index (χ1n) is 7.26.